The highest BCUT2D eigenvalue weighted by Crippen LogP contribution is 2.41. The van der Waals surface area contributed by atoms with Crippen molar-refractivity contribution in [3.8, 4) is 0 Å². The Kier molecular flexibility index (Phi) is 8.32. The SMILES string of the molecule is CC[Si](CC)(OC)[Si](CC)(OC)[Si](CC)(CC)OC. The van der Waals surface area contributed by atoms with Crippen molar-refractivity contribution in [1.29, 1.82) is 0 Å². The molecular formula is C13H34O3Si3. The van der Waals surface area contributed by atoms with Crippen LogP contribution in [0, 0.1) is 0 Å². The van der Waals surface area contributed by atoms with Gasteiger partial charge in [0.25, 0.3) is 0 Å². The molecule has 0 aromatic carbocycles. The van der Waals surface area contributed by atoms with E-state index in [1.807, 2.05) is 21.3 Å². The molecule has 0 atom stereocenters. The Bertz CT molecular complexity index is 211. The van der Waals surface area contributed by atoms with Crippen LogP contribution in [0.4, 0.5) is 0 Å². The molecule has 0 aliphatic heterocycles. The van der Waals surface area contributed by atoms with Crippen LogP contribution < -0.4 is 0 Å². The predicted octanol–water partition coefficient (Wildman–Crippen LogP) is 4.02. The van der Waals surface area contributed by atoms with E-state index in [1.54, 1.807) is 0 Å². The molecular weight excluding hydrogens is 288 g/mol. The standard InChI is InChI=1S/C13H34O3Si3/c1-9-17(10-2,14-6)19(13-5,16-8)18(11-3,12-4)15-7/h9-13H2,1-8H3. The van der Waals surface area contributed by atoms with Crippen molar-refractivity contribution < 1.29 is 13.3 Å². The average Bonchev–Trinajstić information content (AvgIpc) is 2.49. The lowest BCUT2D eigenvalue weighted by atomic mass is 10.9. The van der Waals surface area contributed by atoms with Gasteiger partial charge in [-0.25, -0.2) is 0 Å². The smallest absolute Gasteiger partial charge is 0.229 e. The van der Waals surface area contributed by atoms with E-state index in [-0.39, 0.29) is 0 Å². The fourth-order valence-corrected chi connectivity index (χ4v) is 45.5. The molecule has 3 nitrogen and oxygen atoms in total. The summed E-state index contributed by atoms with van der Waals surface area (Å²) in [6.07, 6.45) is 0. The maximum atomic E-state index is 6.38. The van der Waals surface area contributed by atoms with Crippen molar-refractivity contribution in [1.82, 2.24) is 0 Å². The Balaban J connectivity index is 6.08. The van der Waals surface area contributed by atoms with Gasteiger partial charge in [0.1, 0.15) is 0 Å². The first kappa shape index (κ1) is 19.5. The van der Waals surface area contributed by atoms with Gasteiger partial charge in [0.05, 0.1) is 0 Å². The van der Waals surface area contributed by atoms with Gasteiger partial charge in [-0.2, -0.15) is 0 Å². The summed E-state index contributed by atoms with van der Waals surface area (Å²) >= 11 is 0. The van der Waals surface area contributed by atoms with E-state index < -0.39 is 23.0 Å². The Labute approximate surface area is 123 Å². The van der Waals surface area contributed by atoms with Crippen molar-refractivity contribution >= 4 is 23.0 Å². The summed E-state index contributed by atoms with van der Waals surface area (Å²) in [6, 6.07) is 5.71. The van der Waals surface area contributed by atoms with Crippen molar-refractivity contribution in [2.45, 2.75) is 64.8 Å². The van der Waals surface area contributed by atoms with Crippen LogP contribution in [0.25, 0.3) is 0 Å². The van der Waals surface area contributed by atoms with Crippen LogP contribution in [0.1, 0.15) is 34.6 Å². The van der Waals surface area contributed by atoms with E-state index >= 15 is 0 Å². The molecule has 0 spiro atoms. The van der Waals surface area contributed by atoms with Crippen LogP contribution in [0.2, 0.25) is 30.2 Å². The molecule has 0 aromatic rings. The summed E-state index contributed by atoms with van der Waals surface area (Å²) in [6.45, 7) is 11.4. The third-order valence-electron chi connectivity index (χ3n) is 5.38. The molecule has 116 valence electrons. The van der Waals surface area contributed by atoms with E-state index in [0.717, 1.165) is 30.2 Å². The van der Waals surface area contributed by atoms with Gasteiger partial charge in [0, 0.05) is 21.3 Å². The monoisotopic (exact) mass is 322 g/mol. The Hall–Kier alpha value is 0.531. The summed E-state index contributed by atoms with van der Waals surface area (Å²) in [5, 5.41) is 0. The van der Waals surface area contributed by atoms with E-state index in [1.165, 1.54) is 0 Å². The molecule has 0 aliphatic carbocycles. The second-order valence-corrected chi connectivity index (χ2v) is 27.4. The van der Waals surface area contributed by atoms with Crippen LogP contribution in [-0.2, 0) is 13.3 Å². The zero-order valence-electron chi connectivity index (χ0n) is 14.3. The zero-order valence-corrected chi connectivity index (χ0v) is 17.3. The Morgan fingerprint density at radius 3 is 0.947 bits per heavy atom. The van der Waals surface area contributed by atoms with Gasteiger partial charge in [-0.05, 0) is 30.2 Å². The molecule has 0 N–H and O–H groups in total. The molecule has 0 unspecified atom stereocenters. The van der Waals surface area contributed by atoms with Gasteiger partial charge in [-0.3, -0.25) is 0 Å². The summed E-state index contributed by atoms with van der Waals surface area (Å²) in [4.78, 5) is 0. The topological polar surface area (TPSA) is 27.7 Å². The van der Waals surface area contributed by atoms with Crippen LogP contribution >= 0.6 is 0 Å². The van der Waals surface area contributed by atoms with Crippen LogP contribution in [0.15, 0.2) is 0 Å². The highest BCUT2D eigenvalue weighted by Gasteiger charge is 2.67. The van der Waals surface area contributed by atoms with E-state index in [0.29, 0.717) is 0 Å². The number of hydrogen-bond donors (Lipinski definition) is 0. The van der Waals surface area contributed by atoms with E-state index in [9.17, 15) is 0 Å². The normalized spacial score (nSPS) is 13.9. The third kappa shape index (κ3) is 2.80. The zero-order chi connectivity index (χ0) is 15.2. The van der Waals surface area contributed by atoms with Crippen LogP contribution in [0.5, 0.6) is 0 Å². The maximum Gasteiger partial charge on any atom is 0.229 e. The van der Waals surface area contributed by atoms with Gasteiger partial charge in [-0.1, -0.05) is 34.6 Å². The number of rotatable bonds is 10. The first-order valence-electron chi connectivity index (χ1n) is 7.64. The lowest BCUT2D eigenvalue weighted by Crippen LogP contribution is -2.79. The lowest BCUT2D eigenvalue weighted by Gasteiger charge is -2.52. The molecule has 0 radical (unpaired) electrons. The summed E-state index contributed by atoms with van der Waals surface area (Å²) in [7, 11) is 0.0959. The van der Waals surface area contributed by atoms with Gasteiger partial charge in [-0.15, -0.1) is 0 Å². The average molecular weight is 323 g/mol. The molecule has 0 amide bonds. The predicted molar refractivity (Wildman–Crippen MR) is 90.7 cm³/mol. The molecule has 0 bridgehead atoms. The Morgan fingerprint density at radius 2 is 0.842 bits per heavy atom. The fraction of sp³-hybridized carbons (Fsp3) is 1.00. The first-order chi connectivity index (χ1) is 8.99. The van der Waals surface area contributed by atoms with Crippen molar-refractivity contribution in [3.63, 3.8) is 0 Å². The molecule has 0 rings (SSSR count). The molecule has 19 heavy (non-hydrogen) atoms. The maximum absolute atomic E-state index is 6.38. The van der Waals surface area contributed by atoms with Crippen molar-refractivity contribution in [3.05, 3.63) is 0 Å². The first-order valence-corrected chi connectivity index (χ1v) is 16.4. The highest BCUT2D eigenvalue weighted by molar-refractivity contribution is 7.65. The van der Waals surface area contributed by atoms with Gasteiger partial charge in [0.2, 0.25) is 23.0 Å². The van der Waals surface area contributed by atoms with Crippen molar-refractivity contribution in [2.24, 2.45) is 0 Å². The minimum absolute atomic E-state index is 1.13. The second-order valence-electron chi connectivity index (χ2n) is 5.20. The van der Waals surface area contributed by atoms with Gasteiger partial charge >= 0.3 is 0 Å². The molecule has 0 saturated carbocycles. The highest BCUT2D eigenvalue weighted by atomic mass is 29.7. The van der Waals surface area contributed by atoms with Gasteiger partial charge < -0.3 is 13.3 Å². The summed E-state index contributed by atoms with van der Waals surface area (Å²) in [5.41, 5.74) is 0. The van der Waals surface area contributed by atoms with Crippen LogP contribution in [-0.4, -0.2) is 44.4 Å². The minimum atomic E-state index is -1.97. The molecule has 0 saturated heterocycles. The molecule has 0 aromatic heterocycles. The second kappa shape index (κ2) is 8.09. The van der Waals surface area contributed by atoms with Gasteiger partial charge in [0.15, 0.2) is 0 Å². The largest absolute Gasteiger partial charge is 0.420 e. The quantitative estimate of drug-likeness (QED) is 0.569. The number of hydrogen-bond acceptors (Lipinski definition) is 3. The van der Waals surface area contributed by atoms with E-state index in [2.05, 4.69) is 34.6 Å². The summed E-state index contributed by atoms with van der Waals surface area (Å²) in [5.74, 6) is 0. The van der Waals surface area contributed by atoms with E-state index in [4.69, 9.17) is 13.3 Å². The summed E-state index contributed by atoms with van der Waals surface area (Å²) < 4.78 is 18.8. The Morgan fingerprint density at radius 1 is 0.526 bits per heavy atom. The molecule has 0 aliphatic rings. The minimum Gasteiger partial charge on any atom is -0.420 e. The molecule has 0 heterocycles. The molecule has 6 heteroatoms. The molecule has 0 fully saturated rings. The van der Waals surface area contributed by atoms with Crippen molar-refractivity contribution in [2.75, 3.05) is 21.3 Å². The van der Waals surface area contributed by atoms with Crippen LogP contribution in [0.3, 0.4) is 0 Å². The fourth-order valence-electron chi connectivity index (χ4n) is 4.13. The lowest BCUT2D eigenvalue weighted by molar-refractivity contribution is 0.353. The third-order valence-corrected chi connectivity index (χ3v) is 42.0.